The summed E-state index contributed by atoms with van der Waals surface area (Å²) in [5.74, 6) is 0.702. The summed E-state index contributed by atoms with van der Waals surface area (Å²) in [4.78, 5) is 34.7. The van der Waals surface area contributed by atoms with Gasteiger partial charge in [-0.3, -0.25) is 9.59 Å². The minimum absolute atomic E-state index is 0.0735. The molecule has 0 aliphatic carbocycles. The van der Waals surface area contributed by atoms with E-state index in [2.05, 4.69) is 18.8 Å². The van der Waals surface area contributed by atoms with Gasteiger partial charge in [0.15, 0.2) is 5.72 Å². The molecule has 5 rings (SSSR count). The predicted molar refractivity (Wildman–Crippen MR) is 107 cm³/mol. The van der Waals surface area contributed by atoms with Crippen LogP contribution in [0.3, 0.4) is 0 Å². The van der Waals surface area contributed by atoms with Crippen molar-refractivity contribution in [3.8, 4) is 5.88 Å². The average molecular weight is 395 g/mol. The zero-order chi connectivity index (χ0) is 20.3. The van der Waals surface area contributed by atoms with E-state index in [1.54, 1.807) is 13.2 Å². The molecule has 3 atom stereocenters. The molecule has 3 aliphatic rings. The Morgan fingerprint density at radius 2 is 2.14 bits per heavy atom. The van der Waals surface area contributed by atoms with Gasteiger partial charge in [-0.15, -0.1) is 0 Å². The number of ether oxygens (including phenoxy) is 2. The summed E-state index contributed by atoms with van der Waals surface area (Å²) in [6.07, 6.45) is 0.966. The number of benzene rings is 1. The molecule has 0 radical (unpaired) electrons. The molecule has 7 nitrogen and oxygen atoms in total. The molecule has 0 bridgehead atoms. The summed E-state index contributed by atoms with van der Waals surface area (Å²) in [6.45, 7) is 5.33. The maximum Gasteiger partial charge on any atom is 0.255 e. The third kappa shape index (κ3) is 2.50. The Balaban J connectivity index is 1.53. The zero-order valence-corrected chi connectivity index (χ0v) is 16.9. The molecule has 4 heterocycles. The number of nitrogens with zero attached hydrogens (tertiary/aromatic N) is 3. The molecule has 2 aromatic rings. The first-order valence-electron chi connectivity index (χ1n) is 10.2. The number of rotatable bonds is 3. The van der Waals surface area contributed by atoms with Crippen molar-refractivity contribution in [2.45, 2.75) is 44.5 Å². The van der Waals surface area contributed by atoms with Crippen LogP contribution < -0.4 is 4.74 Å². The van der Waals surface area contributed by atoms with Crippen molar-refractivity contribution in [3.63, 3.8) is 0 Å². The SMILES string of the molecule is COc1cc(C(=O)N2CC[C@@]34OC[C@@H](C(C)C)N3C(=O)C[C@@H]24)c2ccccc2n1. The smallest absolute Gasteiger partial charge is 0.255 e. The summed E-state index contributed by atoms with van der Waals surface area (Å²) < 4.78 is 11.6. The number of methoxy groups -OCH3 is 1. The van der Waals surface area contributed by atoms with Crippen LogP contribution in [0.5, 0.6) is 5.88 Å². The second-order valence-electron chi connectivity index (χ2n) is 8.43. The fourth-order valence-electron chi connectivity index (χ4n) is 5.20. The molecular formula is C22H25N3O4. The molecule has 2 amide bonds. The third-order valence-corrected chi connectivity index (χ3v) is 6.65. The van der Waals surface area contributed by atoms with E-state index in [1.165, 1.54) is 0 Å². The molecule has 1 spiro atoms. The Morgan fingerprint density at radius 1 is 1.34 bits per heavy atom. The molecular weight excluding hydrogens is 370 g/mol. The minimum atomic E-state index is -0.672. The number of fused-ring (bicyclic) bond motifs is 1. The lowest BCUT2D eigenvalue weighted by atomic mass is 10.0. The van der Waals surface area contributed by atoms with E-state index >= 15 is 0 Å². The van der Waals surface area contributed by atoms with Crippen molar-refractivity contribution in [3.05, 3.63) is 35.9 Å². The summed E-state index contributed by atoms with van der Waals surface area (Å²) in [7, 11) is 1.54. The van der Waals surface area contributed by atoms with E-state index < -0.39 is 5.72 Å². The summed E-state index contributed by atoms with van der Waals surface area (Å²) in [5.41, 5.74) is 0.591. The van der Waals surface area contributed by atoms with Crippen LogP contribution in [-0.2, 0) is 9.53 Å². The highest BCUT2D eigenvalue weighted by Gasteiger charge is 2.65. The summed E-state index contributed by atoms with van der Waals surface area (Å²) >= 11 is 0. The second-order valence-corrected chi connectivity index (χ2v) is 8.43. The number of pyridine rings is 1. The molecule has 29 heavy (non-hydrogen) atoms. The van der Waals surface area contributed by atoms with Gasteiger partial charge in [-0.1, -0.05) is 32.0 Å². The molecule has 3 saturated heterocycles. The first-order chi connectivity index (χ1) is 14.0. The van der Waals surface area contributed by atoms with Gasteiger partial charge in [0.25, 0.3) is 5.91 Å². The van der Waals surface area contributed by atoms with Gasteiger partial charge >= 0.3 is 0 Å². The van der Waals surface area contributed by atoms with E-state index in [1.807, 2.05) is 34.1 Å². The van der Waals surface area contributed by atoms with Crippen LogP contribution in [0.25, 0.3) is 10.9 Å². The third-order valence-electron chi connectivity index (χ3n) is 6.65. The van der Waals surface area contributed by atoms with Crippen LogP contribution in [0.4, 0.5) is 0 Å². The van der Waals surface area contributed by atoms with Gasteiger partial charge in [0.1, 0.15) is 0 Å². The highest BCUT2D eigenvalue weighted by atomic mass is 16.5. The summed E-state index contributed by atoms with van der Waals surface area (Å²) in [5, 5.41) is 0.785. The maximum atomic E-state index is 13.6. The van der Waals surface area contributed by atoms with Gasteiger partial charge in [0.05, 0.1) is 43.3 Å². The van der Waals surface area contributed by atoms with Crippen LogP contribution in [0.2, 0.25) is 0 Å². The van der Waals surface area contributed by atoms with Crippen LogP contribution in [0, 0.1) is 5.92 Å². The Morgan fingerprint density at radius 3 is 2.90 bits per heavy atom. The second kappa shape index (κ2) is 6.42. The normalized spacial score (nSPS) is 28.3. The summed E-state index contributed by atoms with van der Waals surface area (Å²) in [6, 6.07) is 9.05. The molecule has 1 aromatic heterocycles. The van der Waals surface area contributed by atoms with Crippen molar-refractivity contribution in [2.24, 2.45) is 5.92 Å². The number of likely N-dealkylation sites (tertiary alicyclic amines) is 1. The molecule has 152 valence electrons. The van der Waals surface area contributed by atoms with Gasteiger partial charge < -0.3 is 19.3 Å². The minimum Gasteiger partial charge on any atom is -0.481 e. The highest BCUT2D eigenvalue weighted by Crippen LogP contribution is 2.49. The van der Waals surface area contributed by atoms with Crippen molar-refractivity contribution in [1.29, 1.82) is 0 Å². The highest BCUT2D eigenvalue weighted by molar-refractivity contribution is 6.07. The number of amides is 2. The number of carbonyl (C=O) groups is 2. The topological polar surface area (TPSA) is 72.0 Å². The number of para-hydroxylation sites is 1. The Bertz CT molecular complexity index is 1010. The predicted octanol–water partition coefficient (Wildman–Crippen LogP) is 2.44. The van der Waals surface area contributed by atoms with Gasteiger partial charge in [-0.25, -0.2) is 4.98 Å². The van der Waals surface area contributed by atoms with Gasteiger partial charge in [-0.05, 0) is 12.0 Å². The van der Waals surface area contributed by atoms with Crippen molar-refractivity contribution in [2.75, 3.05) is 20.3 Å². The Labute approximate surface area is 169 Å². The molecule has 3 fully saturated rings. The lowest BCUT2D eigenvalue weighted by Crippen LogP contribution is -2.51. The zero-order valence-electron chi connectivity index (χ0n) is 16.9. The van der Waals surface area contributed by atoms with Gasteiger partial charge in [0.2, 0.25) is 11.8 Å². The fourth-order valence-corrected chi connectivity index (χ4v) is 5.20. The van der Waals surface area contributed by atoms with Crippen molar-refractivity contribution in [1.82, 2.24) is 14.8 Å². The van der Waals surface area contributed by atoms with Crippen molar-refractivity contribution < 1.29 is 19.1 Å². The standard InChI is InChI=1S/C22H25N3O4/c1-13(2)17-12-29-22-8-9-24(18(22)11-20(26)25(17)22)21(27)15-10-19(28-3)23-16-7-5-4-6-14(15)16/h4-7,10,13,17-18H,8-9,11-12H2,1-3H3/t17-,18+,22-/m0/s1. The maximum absolute atomic E-state index is 13.6. The molecule has 0 unspecified atom stereocenters. The number of aromatic nitrogens is 1. The molecule has 0 saturated carbocycles. The fraction of sp³-hybridized carbons (Fsp3) is 0.500. The Kier molecular flexibility index (Phi) is 4.07. The van der Waals surface area contributed by atoms with Gasteiger partial charge in [0, 0.05) is 24.4 Å². The van der Waals surface area contributed by atoms with E-state index in [0.717, 1.165) is 5.39 Å². The quantitative estimate of drug-likeness (QED) is 0.798. The first-order valence-corrected chi connectivity index (χ1v) is 10.2. The van der Waals surface area contributed by atoms with Crippen LogP contribution in [0.1, 0.15) is 37.0 Å². The molecule has 0 N–H and O–H groups in total. The Hall–Kier alpha value is -2.67. The molecule has 1 aromatic carbocycles. The van der Waals surface area contributed by atoms with Crippen LogP contribution >= 0.6 is 0 Å². The van der Waals surface area contributed by atoms with Crippen molar-refractivity contribution >= 4 is 22.7 Å². The van der Waals surface area contributed by atoms with Gasteiger partial charge in [-0.2, -0.15) is 0 Å². The van der Waals surface area contributed by atoms with E-state index in [9.17, 15) is 9.59 Å². The largest absolute Gasteiger partial charge is 0.481 e. The average Bonchev–Trinajstić information content (AvgIpc) is 3.35. The van der Waals surface area contributed by atoms with E-state index in [-0.39, 0.29) is 23.9 Å². The number of carbonyl (C=O) groups excluding carboxylic acids is 2. The number of hydrogen-bond donors (Lipinski definition) is 0. The van der Waals surface area contributed by atoms with E-state index in [4.69, 9.17) is 9.47 Å². The lowest BCUT2D eigenvalue weighted by Gasteiger charge is -2.34. The molecule has 7 heteroatoms. The molecule has 3 aliphatic heterocycles. The van der Waals surface area contributed by atoms with E-state index in [0.29, 0.717) is 48.9 Å². The number of hydrogen-bond acceptors (Lipinski definition) is 5. The monoisotopic (exact) mass is 395 g/mol. The van der Waals surface area contributed by atoms with Crippen LogP contribution in [-0.4, -0.2) is 64.7 Å². The lowest BCUT2D eigenvalue weighted by molar-refractivity contribution is -0.139. The first kappa shape index (κ1) is 18.4. The van der Waals surface area contributed by atoms with Crippen LogP contribution in [0.15, 0.2) is 30.3 Å².